The number of para-hydroxylation sites is 2. The zero-order valence-electron chi connectivity index (χ0n) is 34.6. The normalized spacial score (nSPS) is 13.0. The number of hydrogen-bond donors (Lipinski definition) is 0. The van der Waals surface area contributed by atoms with Gasteiger partial charge in [0.05, 0.1) is 11.1 Å². The first-order valence-electron chi connectivity index (χ1n) is 21.4. The minimum Gasteiger partial charge on any atom is -0.455 e. The van der Waals surface area contributed by atoms with E-state index in [9.17, 15) is 0 Å². The molecule has 0 radical (unpaired) electrons. The molecule has 5 nitrogen and oxygen atoms in total. The summed E-state index contributed by atoms with van der Waals surface area (Å²) in [5, 5.41) is 6.31. The van der Waals surface area contributed by atoms with Crippen LogP contribution in [0.15, 0.2) is 197 Å². The summed E-state index contributed by atoms with van der Waals surface area (Å²) in [7, 11) is 0. The highest BCUT2D eigenvalue weighted by atomic mass is 16.3. The molecule has 3 aromatic heterocycles. The van der Waals surface area contributed by atoms with E-state index in [2.05, 4.69) is 166 Å². The highest BCUT2D eigenvalue weighted by molar-refractivity contribution is 6.23. The van der Waals surface area contributed by atoms with Crippen LogP contribution >= 0.6 is 0 Å². The quantitative estimate of drug-likeness (QED) is 0.173. The Hall–Kier alpha value is -8.15. The molecule has 1 aliphatic rings. The molecule has 1 aliphatic carbocycles. The summed E-state index contributed by atoms with van der Waals surface area (Å²) < 4.78 is 13.5. The maximum absolute atomic E-state index is 6.97. The van der Waals surface area contributed by atoms with E-state index in [4.69, 9.17) is 23.8 Å². The van der Waals surface area contributed by atoms with E-state index in [0.29, 0.717) is 17.5 Å². The van der Waals surface area contributed by atoms with E-state index in [1.807, 2.05) is 36.4 Å². The zero-order chi connectivity index (χ0) is 41.8. The number of fused-ring (bicyclic) bond motifs is 11. The van der Waals surface area contributed by atoms with Crippen molar-refractivity contribution in [2.75, 3.05) is 0 Å². The average Bonchev–Trinajstić information content (AvgIpc) is 3.99. The lowest BCUT2D eigenvalue weighted by Crippen LogP contribution is -2.14. The van der Waals surface area contributed by atoms with E-state index in [1.165, 1.54) is 27.8 Å². The van der Waals surface area contributed by atoms with Gasteiger partial charge in [-0.25, -0.2) is 15.0 Å². The first kappa shape index (κ1) is 35.6. The molecule has 0 unspecified atom stereocenters. The van der Waals surface area contributed by atoms with Crippen LogP contribution in [0.4, 0.5) is 0 Å². The van der Waals surface area contributed by atoms with Gasteiger partial charge >= 0.3 is 0 Å². The second-order valence-corrected chi connectivity index (χ2v) is 17.1. The minimum atomic E-state index is -0.0956. The molecular formula is C58H37N3O2. The summed E-state index contributed by atoms with van der Waals surface area (Å²) in [6.45, 7) is 4.66. The molecule has 0 saturated carbocycles. The summed E-state index contributed by atoms with van der Waals surface area (Å²) in [4.78, 5) is 15.8. The fourth-order valence-electron chi connectivity index (χ4n) is 10.1. The molecule has 0 saturated heterocycles. The molecule has 0 bridgehead atoms. The minimum absolute atomic E-state index is 0.0956. The summed E-state index contributed by atoms with van der Waals surface area (Å²) in [5.74, 6) is 1.60. The first-order valence-corrected chi connectivity index (χ1v) is 21.4. The predicted molar refractivity (Wildman–Crippen MR) is 257 cm³/mol. The van der Waals surface area contributed by atoms with Gasteiger partial charge in [0.2, 0.25) is 0 Å². The van der Waals surface area contributed by atoms with E-state index < -0.39 is 0 Å². The number of rotatable bonds is 5. The van der Waals surface area contributed by atoms with Crippen molar-refractivity contribution in [3.05, 3.63) is 199 Å². The van der Waals surface area contributed by atoms with Crippen LogP contribution in [0.3, 0.4) is 0 Å². The highest BCUT2D eigenvalue weighted by Gasteiger charge is 2.36. The second-order valence-electron chi connectivity index (χ2n) is 17.1. The van der Waals surface area contributed by atoms with Crippen molar-refractivity contribution >= 4 is 54.6 Å². The number of nitrogens with zero attached hydrogens (tertiary/aromatic N) is 3. The molecule has 9 aromatic carbocycles. The van der Waals surface area contributed by atoms with Gasteiger partial charge in [-0.1, -0.05) is 172 Å². The Bertz CT molecular complexity index is 3820. The lowest BCUT2D eigenvalue weighted by Gasteiger charge is -2.21. The van der Waals surface area contributed by atoms with Crippen LogP contribution in [0, 0.1) is 0 Å². The lowest BCUT2D eigenvalue weighted by atomic mass is 9.82. The van der Waals surface area contributed by atoms with Gasteiger partial charge in [0.1, 0.15) is 22.3 Å². The number of furan rings is 2. The first-order chi connectivity index (χ1) is 31.0. The smallest absolute Gasteiger partial charge is 0.167 e. The van der Waals surface area contributed by atoms with Crippen LogP contribution in [0.2, 0.25) is 0 Å². The molecule has 3 heterocycles. The van der Waals surface area contributed by atoms with Gasteiger partial charge in [-0.2, -0.15) is 0 Å². The van der Waals surface area contributed by atoms with Crippen LogP contribution in [0.5, 0.6) is 0 Å². The van der Waals surface area contributed by atoms with E-state index in [1.54, 1.807) is 0 Å². The number of aromatic nitrogens is 3. The maximum Gasteiger partial charge on any atom is 0.167 e. The lowest BCUT2D eigenvalue weighted by molar-refractivity contribution is 0.660. The van der Waals surface area contributed by atoms with Gasteiger partial charge in [-0.15, -0.1) is 0 Å². The molecule has 13 rings (SSSR count). The van der Waals surface area contributed by atoms with Gasteiger partial charge in [-0.05, 0) is 85.6 Å². The zero-order valence-corrected chi connectivity index (χ0v) is 34.6. The maximum atomic E-state index is 6.97. The Balaban J connectivity index is 1.05. The van der Waals surface area contributed by atoms with E-state index in [0.717, 1.165) is 88.0 Å². The Morgan fingerprint density at radius 2 is 0.952 bits per heavy atom. The van der Waals surface area contributed by atoms with Gasteiger partial charge in [-0.3, -0.25) is 0 Å². The second kappa shape index (κ2) is 13.4. The van der Waals surface area contributed by atoms with Crippen molar-refractivity contribution in [2.45, 2.75) is 19.3 Å². The largest absolute Gasteiger partial charge is 0.455 e. The molecule has 0 spiro atoms. The standard InChI is InChI=1S/C58H37N3O2/c1-58(2)47-23-10-8-19-43(47)51-39(20-13-24-48(51)58)38-30-31-50-45(32-38)52-40-17-7-6-16-37(40)33-46(54(52)63-50)57-60-55(36-28-26-35(27-29-36)34-14-4-3-5-15-34)59-56(61-57)44-22-12-21-42-41-18-9-11-25-49(41)62-53(42)44/h3-33H,1-2H3. The molecule has 5 heteroatoms. The predicted octanol–water partition coefficient (Wildman–Crippen LogP) is 15.5. The van der Waals surface area contributed by atoms with Crippen LogP contribution in [0.25, 0.3) is 122 Å². The fraction of sp³-hybridized carbons (Fsp3) is 0.0517. The molecule has 0 aliphatic heterocycles. The Morgan fingerprint density at radius 1 is 0.365 bits per heavy atom. The van der Waals surface area contributed by atoms with Crippen LogP contribution in [-0.4, -0.2) is 15.0 Å². The highest BCUT2D eigenvalue weighted by Crippen LogP contribution is 2.52. The summed E-state index contributed by atoms with van der Waals surface area (Å²) in [6.07, 6.45) is 0. The van der Waals surface area contributed by atoms with Crippen molar-refractivity contribution < 1.29 is 8.83 Å². The molecule has 0 atom stereocenters. The molecule has 0 N–H and O–H groups in total. The third kappa shape index (κ3) is 5.39. The van der Waals surface area contributed by atoms with Gasteiger partial charge in [0.15, 0.2) is 17.5 Å². The van der Waals surface area contributed by atoms with E-state index >= 15 is 0 Å². The Kier molecular flexibility index (Phi) is 7.58. The van der Waals surface area contributed by atoms with Crippen LogP contribution in [0.1, 0.15) is 25.0 Å². The van der Waals surface area contributed by atoms with Gasteiger partial charge in [0.25, 0.3) is 0 Å². The molecule has 63 heavy (non-hydrogen) atoms. The van der Waals surface area contributed by atoms with E-state index in [-0.39, 0.29) is 5.41 Å². The topological polar surface area (TPSA) is 65.0 Å². The van der Waals surface area contributed by atoms with Crippen molar-refractivity contribution in [1.29, 1.82) is 0 Å². The SMILES string of the molecule is CC1(C)c2ccccc2-c2c(-c3ccc4oc5c(-c6nc(-c7ccc(-c8ccccc8)cc7)nc(-c7cccc8c7oc7ccccc78)n6)cc6ccccc6c5c4c3)cccc21. The van der Waals surface area contributed by atoms with Crippen molar-refractivity contribution in [2.24, 2.45) is 0 Å². The summed E-state index contributed by atoms with van der Waals surface area (Å²) >= 11 is 0. The van der Waals surface area contributed by atoms with Crippen molar-refractivity contribution in [3.8, 4) is 67.5 Å². The Morgan fingerprint density at radius 3 is 1.83 bits per heavy atom. The molecule has 12 aromatic rings. The summed E-state index contributed by atoms with van der Waals surface area (Å²) in [5.41, 5.74) is 15.4. The molecular weight excluding hydrogens is 771 g/mol. The van der Waals surface area contributed by atoms with Gasteiger partial charge in [0, 0.05) is 32.5 Å². The third-order valence-electron chi connectivity index (χ3n) is 13.2. The molecule has 296 valence electrons. The van der Waals surface area contributed by atoms with Crippen molar-refractivity contribution in [1.82, 2.24) is 15.0 Å². The van der Waals surface area contributed by atoms with Crippen LogP contribution < -0.4 is 0 Å². The monoisotopic (exact) mass is 807 g/mol. The fourth-order valence-corrected chi connectivity index (χ4v) is 10.1. The summed E-state index contributed by atoms with van der Waals surface area (Å²) in [6, 6.07) is 66.0. The number of hydrogen-bond acceptors (Lipinski definition) is 5. The number of benzene rings is 9. The van der Waals surface area contributed by atoms with Crippen molar-refractivity contribution in [3.63, 3.8) is 0 Å². The third-order valence-corrected chi connectivity index (χ3v) is 13.2. The molecule has 0 fully saturated rings. The van der Waals surface area contributed by atoms with Gasteiger partial charge < -0.3 is 8.83 Å². The molecule has 0 amide bonds. The van der Waals surface area contributed by atoms with Crippen LogP contribution in [-0.2, 0) is 5.41 Å². The average molecular weight is 808 g/mol. The Labute approximate surface area is 363 Å².